The molecule has 19 heavy (non-hydrogen) atoms. The number of ether oxygens (including phenoxy) is 2. The Bertz CT molecular complexity index is 575. The Morgan fingerprint density at radius 2 is 1.53 bits per heavy atom. The van der Waals surface area contributed by atoms with Gasteiger partial charge in [-0.2, -0.15) is 0 Å². The topological polar surface area (TPSA) is 38.8 Å². The summed E-state index contributed by atoms with van der Waals surface area (Å²) in [5.74, 6) is -0.317. The second-order valence-corrected chi connectivity index (χ2v) is 4.50. The third-order valence-electron chi connectivity index (χ3n) is 3.28. The molecular formula is C16H14O3. The van der Waals surface area contributed by atoms with Crippen LogP contribution in [0.25, 0.3) is 0 Å². The van der Waals surface area contributed by atoms with Crippen molar-refractivity contribution >= 4 is 5.97 Å². The van der Waals surface area contributed by atoms with E-state index in [2.05, 4.69) is 16.9 Å². The van der Waals surface area contributed by atoms with Crippen molar-refractivity contribution in [2.45, 2.75) is 12.2 Å². The van der Waals surface area contributed by atoms with Crippen LogP contribution in [0, 0.1) is 0 Å². The summed E-state index contributed by atoms with van der Waals surface area (Å²) >= 11 is 0. The highest BCUT2D eigenvalue weighted by atomic mass is 16.6. The number of carbonyl (C=O) groups is 1. The Hall–Kier alpha value is -2.13. The molecule has 0 saturated carbocycles. The molecule has 1 aliphatic rings. The largest absolute Gasteiger partial charge is 0.465 e. The van der Waals surface area contributed by atoms with Gasteiger partial charge in [-0.25, -0.2) is 4.79 Å². The highest BCUT2D eigenvalue weighted by molar-refractivity contribution is 5.89. The van der Waals surface area contributed by atoms with E-state index < -0.39 is 0 Å². The van der Waals surface area contributed by atoms with E-state index in [0.29, 0.717) is 5.56 Å². The van der Waals surface area contributed by atoms with Gasteiger partial charge in [0.25, 0.3) is 0 Å². The summed E-state index contributed by atoms with van der Waals surface area (Å²) in [5.41, 5.74) is 2.83. The molecule has 96 valence electrons. The van der Waals surface area contributed by atoms with E-state index in [1.165, 1.54) is 12.7 Å². The molecule has 0 radical (unpaired) electrons. The third-order valence-corrected chi connectivity index (χ3v) is 3.28. The Balaban J connectivity index is 1.74. The molecule has 2 aromatic carbocycles. The molecule has 0 bridgehead atoms. The van der Waals surface area contributed by atoms with E-state index in [0.717, 1.165) is 5.56 Å². The molecule has 1 aliphatic heterocycles. The first-order chi connectivity index (χ1) is 9.29. The minimum atomic E-state index is -0.317. The highest BCUT2D eigenvalue weighted by Gasteiger charge is 2.41. The molecule has 0 unspecified atom stereocenters. The van der Waals surface area contributed by atoms with Crippen molar-refractivity contribution in [3.8, 4) is 0 Å². The number of carbonyl (C=O) groups excluding carboxylic acids is 1. The van der Waals surface area contributed by atoms with Gasteiger partial charge in [-0.05, 0) is 23.3 Å². The maximum atomic E-state index is 11.3. The molecule has 0 amide bonds. The smallest absolute Gasteiger partial charge is 0.337 e. The third kappa shape index (κ3) is 2.37. The molecule has 0 spiro atoms. The van der Waals surface area contributed by atoms with Crippen LogP contribution in [0.2, 0.25) is 0 Å². The van der Waals surface area contributed by atoms with E-state index in [-0.39, 0.29) is 18.2 Å². The van der Waals surface area contributed by atoms with Crippen molar-refractivity contribution in [1.29, 1.82) is 0 Å². The highest BCUT2D eigenvalue weighted by Crippen LogP contribution is 2.50. The van der Waals surface area contributed by atoms with Crippen molar-refractivity contribution in [2.24, 2.45) is 0 Å². The Morgan fingerprint density at radius 1 is 0.947 bits per heavy atom. The van der Waals surface area contributed by atoms with Crippen molar-refractivity contribution in [2.75, 3.05) is 7.11 Å². The van der Waals surface area contributed by atoms with Gasteiger partial charge in [0.05, 0.1) is 12.7 Å². The number of methoxy groups -OCH3 is 1. The molecule has 1 heterocycles. The zero-order chi connectivity index (χ0) is 13.2. The molecule has 1 fully saturated rings. The summed E-state index contributed by atoms with van der Waals surface area (Å²) in [4.78, 5) is 11.3. The minimum Gasteiger partial charge on any atom is -0.465 e. The predicted octanol–water partition coefficient (Wildman–Crippen LogP) is 3.29. The van der Waals surface area contributed by atoms with Crippen molar-refractivity contribution < 1.29 is 14.3 Å². The van der Waals surface area contributed by atoms with Gasteiger partial charge in [-0.3, -0.25) is 0 Å². The molecule has 3 nitrogen and oxygen atoms in total. The lowest BCUT2D eigenvalue weighted by Gasteiger charge is -2.00. The minimum absolute atomic E-state index is 0.0918. The quantitative estimate of drug-likeness (QED) is 0.623. The van der Waals surface area contributed by atoms with Gasteiger partial charge in [-0.1, -0.05) is 42.5 Å². The van der Waals surface area contributed by atoms with Gasteiger partial charge >= 0.3 is 5.97 Å². The van der Waals surface area contributed by atoms with Crippen LogP contribution in [0.15, 0.2) is 54.6 Å². The van der Waals surface area contributed by atoms with Crippen LogP contribution in [0.1, 0.15) is 33.7 Å². The standard InChI is InChI=1S/C16H14O3/c1-18-16(17)13-9-7-12(8-10-13)15-14(19-15)11-5-3-2-4-6-11/h2-10,14-15H,1H3/t14-,15-/m1/s1. The average molecular weight is 254 g/mol. The first-order valence-electron chi connectivity index (χ1n) is 6.18. The lowest BCUT2D eigenvalue weighted by molar-refractivity contribution is 0.0600. The first-order valence-corrected chi connectivity index (χ1v) is 6.18. The maximum Gasteiger partial charge on any atom is 0.337 e. The molecule has 3 heteroatoms. The fraction of sp³-hybridized carbons (Fsp3) is 0.188. The molecule has 1 saturated heterocycles. The molecular weight excluding hydrogens is 240 g/mol. The molecule has 0 aromatic heterocycles. The normalized spacial score (nSPS) is 20.9. The number of esters is 1. The summed E-state index contributed by atoms with van der Waals surface area (Å²) in [5, 5.41) is 0. The summed E-state index contributed by atoms with van der Waals surface area (Å²) in [6, 6.07) is 17.5. The second-order valence-electron chi connectivity index (χ2n) is 4.50. The molecule has 0 aliphatic carbocycles. The van der Waals surface area contributed by atoms with E-state index in [1.54, 1.807) is 12.1 Å². The van der Waals surface area contributed by atoms with Gasteiger partial charge in [0.2, 0.25) is 0 Å². The maximum absolute atomic E-state index is 11.3. The lowest BCUT2D eigenvalue weighted by atomic mass is 10.0. The number of benzene rings is 2. The van der Waals surface area contributed by atoms with Crippen LogP contribution in [0.4, 0.5) is 0 Å². The zero-order valence-electron chi connectivity index (χ0n) is 10.6. The Labute approximate surface area is 111 Å². The Kier molecular flexibility index (Phi) is 3.05. The summed E-state index contributed by atoms with van der Waals surface area (Å²) in [6.45, 7) is 0. The fourth-order valence-corrected chi connectivity index (χ4v) is 2.19. The second kappa shape index (κ2) is 4.86. The van der Waals surface area contributed by atoms with Crippen LogP contribution in [-0.4, -0.2) is 13.1 Å². The number of hydrogen-bond acceptors (Lipinski definition) is 3. The molecule has 2 atom stereocenters. The zero-order valence-corrected chi connectivity index (χ0v) is 10.6. The molecule has 3 rings (SSSR count). The predicted molar refractivity (Wildman–Crippen MR) is 70.8 cm³/mol. The molecule has 0 N–H and O–H groups in total. The van der Waals surface area contributed by atoms with Crippen molar-refractivity contribution in [3.63, 3.8) is 0 Å². The number of rotatable bonds is 3. The van der Waals surface area contributed by atoms with Gasteiger partial charge in [0, 0.05) is 0 Å². The molecule has 2 aromatic rings. The first kappa shape index (κ1) is 11.9. The van der Waals surface area contributed by atoms with Gasteiger partial charge in [0.15, 0.2) is 0 Å². The van der Waals surface area contributed by atoms with Gasteiger partial charge in [-0.15, -0.1) is 0 Å². The van der Waals surface area contributed by atoms with E-state index in [4.69, 9.17) is 4.74 Å². The van der Waals surface area contributed by atoms with Crippen molar-refractivity contribution in [1.82, 2.24) is 0 Å². The van der Waals surface area contributed by atoms with Crippen molar-refractivity contribution in [3.05, 3.63) is 71.3 Å². The number of epoxide rings is 1. The Morgan fingerprint density at radius 3 is 2.11 bits per heavy atom. The monoisotopic (exact) mass is 254 g/mol. The number of hydrogen-bond donors (Lipinski definition) is 0. The summed E-state index contributed by atoms with van der Waals surface area (Å²) in [6.07, 6.45) is 0.222. The van der Waals surface area contributed by atoms with E-state index in [9.17, 15) is 4.79 Å². The van der Waals surface area contributed by atoms with Crippen LogP contribution >= 0.6 is 0 Å². The van der Waals surface area contributed by atoms with Crippen LogP contribution in [0.5, 0.6) is 0 Å². The SMILES string of the molecule is COC(=O)c1ccc([C@H]2O[C@@H]2c2ccccc2)cc1. The van der Waals surface area contributed by atoms with Crippen LogP contribution < -0.4 is 0 Å². The lowest BCUT2D eigenvalue weighted by Crippen LogP contribution is -2.00. The van der Waals surface area contributed by atoms with Crippen LogP contribution in [0.3, 0.4) is 0 Å². The summed E-state index contributed by atoms with van der Waals surface area (Å²) in [7, 11) is 1.38. The summed E-state index contributed by atoms with van der Waals surface area (Å²) < 4.78 is 10.4. The fourth-order valence-electron chi connectivity index (χ4n) is 2.19. The van der Waals surface area contributed by atoms with Gasteiger partial charge < -0.3 is 9.47 Å². The average Bonchev–Trinajstić information content (AvgIpc) is 3.28. The van der Waals surface area contributed by atoms with Gasteiger partial charge in [0.1, 0.15) is 12.2 Å². The van der Waals surface area contributed by atoms with Crippen LogP contribution in [-0.2, 0) is 9.47 Å². The van der Waals surface area contributed by atoms with E-state index >= 15 is 0 Å². The van der Waals surface area contributed by atoms with E-state index in [1.807, 2.05) is 30.3 Å².